The quantitative estimate of drug-likeness (QED) is 0.757. The fraction of sp³-hybridized carbons (Fsp3) is 0.600. The highest BCUT2D eigenvalue weighted by Crippen LogP contribution is 2.20. The summed E-state index contributed by atoms with van der Waals surface area (Å²) in [6.07, 6.45) is 0.306. The summed E-state index contributed by atoms with van der Waals surface area (Å²) >= 11 is 1.21. The van der Waals surface area contributed by atoms with Crippen molar-refractivity contribution in [2.75, 3.05) is 13.6 Å². The largest absolute Gasteiger partial charge is 0.344 e. The highest BCUT2D eigenvalue weighted by Gasteiger charge is 2.20. The van der Waals surface area contributed by atoms with Crippen molar-refractivity contribution in [3.63, 3.8) is 0 Å². The molecule has 1 heterocycles. The number of aromatic nitrogens is 3. The average Bonchev–Trinajstić information content (AvgIpc) is 2.66. The molecule has 7 nitrogen and oxygen atoms in total. The van der Waals surface area contributed by atoms with Crippen molar-refractivity contribution in [2.45, 2.75) is 23.8 Å². The lowest BCUT2D eigenvalue weighted by Crippen LogP contribution is -2.34. The van der Waals surface area contributed by atoms with Crippen molar-refractivity contribution in [1.82, 2.24) is 19.7 Å². The maximum atomic E-state index is 11.9. The summed E-state index contributed by atoms with van der Waals surface area (Å²) in [4.78, 5) is 24.6. The molecule has 0 aliphatic heterocycles. The molecule has 0 aliphatic carbocycles. The lowest BCUT2D eigenvalue weighted by Gasteiger charge is -2.19. The smallest absolute Gasteiger partial charge is 0.343 e. The van der Waals surface area contributed by atoms with Gasteiger partial charge in [0.2, 0.25) is 5.91 Å². The molecule has 0 saturated carbocycles. The van der Waals surface area contributed by atoms with Crippen molar-refractivity contribution in [1.29, 1.82) is 5.26 Å². The van der Waals surface area contributed by atoms with Crippen LogP contribution < -0.4 is 5.69 Å². The Balaban J connectivity index is 2.63. The minimum absolute atomic E-state index is 0.0919. The minimum Gasteiger partial charge on any atom is -0.344 e. The van der Waals surface area contributed by atoms with E-state index in [4.69, 9.17) is 5.26 Å². The Labute approximate surface area is 109 Å². The van der Waals surface area contributed by atoms with Crippen LogP contribution in [-0.4, -0.2) is 44.4 Å². The highest BCUT2D eigenvalue weighted by molar-refractivity contribution is 8.00. The molecule has 1 aromatic heterocycles. The zero-order valence-electron chi connectivity index (χ0n) is 10.5. The number of hydrogen-bond acceptors (Lipinski definition) is 5. The molecule has 0 saturated heterocycles. The SMILES string of the molecule is C[C@H](Sc1n[nH]c(=O)n1C)C(=O)N(C)CCC#N. The first kappa shape index (κ1) is 14.3. The number of nitrogens with zero attached hydrogens (tertiary/aromatic N) is 4. The summed E-state index contributed by atoms with van der Waals surface area (Å²) in [5.74, 6) is -0.0919. The summed E-state index contributed by atoms with van der Waals surface area (Å²) in [6.45, 7) is 2.15. The third-order valence-corrected chi connectivity index (χ3v) is 3.54. The average molecular weight is 269 g/mol. The second kappa shape index (κ2) is 6.26. The van der Waals surface area contributed by atoms with Crippen LogP contribution >= 0.6 is 11.8 Å². The first-order chi connectivity index (χ1) is 8.47. The van der Waals surface area contributed by atoms with Crippen LogP contribution in [0.5, 0.6) is 0 Å². The van der Waals surface area contributed by atoms with Gasteiger partial charge in [-0.2, -0.15) is 5.26 Å². The van der Waals surface area contributed by atoms with Gasteiger partial charge in [0.15, 0.2) is 5.16 Å². The van der Waals surface area contributed by atoms with Crippen LogP contribution in [0.25, 0.3) is 0 Å². The van der Waals surface area contributed by atoms with Gasteiger partial charge in [0.05, 0.1) is 17.7 Å². The Bertz CT molecular complexity index is 515. The third kappa shape index (κ3) is 3.37. The van der Waals surface area contributed by atoms with Gasteiger partial charge >= 0.3 is 5.69 Å². The Hall–Kier alpha value is -1.75. The minimum atomic E-state index is -0.359. The molecule has 1 atom stereocenters. The number of hydrogen-bond donors (Lipinski definition) is 1. The molecular formula is C10H15N5O2S. The van der Waals surface area contributed by atoms with Crippen LogP contribution in [0, 0.1) is 11.3 Å². The maximum absolute atomic E-state index is 11.9. The Kier molecular flexibility index (Phi) is 4.97. The van der Waals surface area contributed by atoms with E-state index in [1.54, 1.807) is 21.0 Å². The van der Waals surface area contributed by atoms with Gasteiger partial charge < -0.3 is 4.90 Å². The number of aromatic amines is 1. The zero-order chi connectivity index (χ0) is 13.7. The van der Waals surface area contributed by atoms with E-state index in [0.29, 0.717) is 18.1 Å². The number of H-pyrrole nitrogens is 1. The fourth-order valence-corrected chi connectivity index (χ4v) is 2.22. The van der Waals surface area contributed by atoms with Gasteiger partial charge in [-0.1, -0.05) is 11.8 Å². The first-order valence-corrected chi connectivity index (χ1v) is 6.25. The summed E-state index contributed by atoms with van der Waals surface area (Å²) in [5.41, 5.74) is -0.310. The first-order valence-electron chi connectivity index (χ1n) is 5.37. The molecule has 1 rings (SSSR count). The molecule has 0 bridgehead atoms. The van der Waals surface area contributed by atoms with Crippen molar-refractivity contribution in [2.24, 2.45) is 7.05 Å². The lowest BCUT2D eigenvalue weighted by atomic mass is 10.3. The Morgan fingerprint density at radius 1 is 1.72 bits per heavy atom. The normalized spacial score (nSPS) is 11.9. The second-order valence-corrected chi connectivity index (χ2v) is 5.11. The number of nitrogens with one attached hydrogen (secondary N) is 1. The van der Waals surface area contributed by atoms with Gasteiger partial charge in [0.25, 0.3) is 0 Å². The number of carbonyl (C=O) groups is 1. The molecule has 0 fully saturated rings. The summed E-state index contributed by atoms with van der Waals surface area (Å²) in [6, 6.07) is 1.99. The van der Waals surface area contributed by atoms with Gasteiger partial charge in [0.1, 0.15) is 0 Å². The van der Waals surface area contributed by atoms with E-state index in [2.05, 4.69) is 10.2 Å². The molecule has 0 aliphatic rings. The standard InChI is InChI=1S/C10H15N5O2S/c1-7(8(16)14(2)6-4-5-11)18-10-13-12-9(17)15(10)3/h7H,4,6H2,1-3H3,(H,12,17)/t7-/m0/s1. The molecule has 1 aromatic rings. The number of nitriles is 1. The number of amides is 1. The van der Waals surface area contributed by atoms with Crippen LogP contribution in [0.3, 0.4) is 0 Å². The molecule has 1 amide bonds. The Morgan fingerprint density at radius 2 is 2.39 bits per heavy atom. The Morgan fingerprint density at radius 3 is 2.89 bits per heavy atom. The number of carbonyl (C=O) groups excluding carboxylic acids is 1. The molecule has 0 aromatic carbocycles. The predicted molar refractivity (Wildman–Crippen MR) is 67.0 cm³/mol. The van der Waals surface area contributed by atoms with Crippen LogP contribution in [0.4, 0.5) is 0 Å². The molecule has 18 heavy (non-hydrogen) atoms. The maximum Gasteiger partial charge on any atom is 0.343 e. The molecule has 0 unspecified atom stereocenters. The summed E-state index contributed by atoms with van der Waals surface area (Å²) in [5, 5.41) is 14.7. The van der Waals surface area contributed by atoms with Crippen molar-refractivity contribution in [3.05, 3.63) is 10.5 Å². The van der Waals surface area contributed by atoms with E-state index < -0.39 is 0 Å². The molecule has 0 spiro atoms. The topological polar surface area (TPSA) is 94.8 Å². The molecular weight excluding hydrogens is 254 g/mol. The van der Waals surface area contributed by atoms with Crippen molar-refractivity contribution >= 4 is 17.7 Å². The van der Waals surface area contributed by atoms with Crippen molar-refractivity contribution in [3.8, 4) is 6.07 Å². The number of rotatable bonds is 5. The summed E-state index contributed by atoms with van der Waals surface area (Å²) < 4.78 is 1.35. The van der Waals surface area contributed by atoms with Crippen LogP contribution in [0.1, 0.15) is 13.3 Å². The van der Waals surface area contributed by atoms with E-state index in [-0.39, 0.29) is 16.8 Å². The van der Waals surface area contributed by atoms with Gasteiger partial charge in [-0.05, 0) is 6.92 Å². The monoisotopic (exact) mass is 269 g/mol. The van der Waals surface area contributed by atoms with Crippen molar-refractivity contribution < 1.29 is 4.79 Å². The fourth-order valence-electron chi connectivity index (χ4n) is 1.28. The second-order valence-electron chi connectivity index (χ2n) is 3.80. The van der Waals surface area contributed by atoms with E-state index in [0.717, 1.165) is 0 Å². The van der Waals surface area contributed by atoms with Gasteiger partial charge in [-0.3, -0.25) is 9.36 Å². The van der Waals surface area contributed by atoms with E-state index in [1.807, 2.05) is 6.07 Å². The van der Waals surface area contributed by atoms with Crippen LogP contribution in [0.15, 0.2) is 9.95 Å². The predicted octanol–water partition coefficient (Wildman–Crippen LogP) is -0.0389. The van der Waals surface area contributed by atoms with Crippen LogP contribution in [-0.2, 0) is 11.8 Å². The van der Waals surface area contributed by atoms with Crippen LogP contribution in [0.2, 0.25) is 0 Å². The van der Waals surface area contributed by atoms with Gasteiger partial charge in [-0.25, -0.2) is 9.89 Å². The van der Waals surface area contributed by atoms with Gasteiger partial charge in [-0.15, -0.1) is 5.10 Å². The lowest BCUT2D eigenvalue weighted by molar-refractivity contribution is -0.128. The third-order valence-electron chi connectivity index (χ3n) is 2.40. The molecule has 98 valence electrons. The summed E-state index contributed by atoms with van der Waals surface area (Å²) in [7, 11) is 3.24. The van der Waals surface area contributed by atoms with E-state index >= 15 is 0 Å². The number of thioether (sulfide) groups is 1. The van der Waals surface area contributed by atoms with E-state index in [1.165, 1.54) is 21.2 Å². The van der Waals surface area contributed by atoms with E-state index in [9.17, 15) is 9.59 Å². The molecule has 1 N–H and O–H groups in total. The molecule has 8 heteroatoms. The molecule has 0 radical (unpaired) electrons. The van der Waals surface area contributed by atoms with Gasteiger partial charge in [0, 0.05) is 20.6 Å². The zero-order valence-corrected chi connectivity index (χ0v) is 11.3. The highest BCUT2D eigenvalue weighted by atomic mass is 32.2.